The molecule has 0 saturated carbocycles. The topological polar surface area (TPSA) is 29.3 Å². The Hall–Kier alpha value is 0.270. The number of hydrogen-bond donors (Lipinski definition) is 1. The first-order valence-electron chi connectivity index (χ1n) is 5.99. The number of hydrogen-bond acceptors (Lipinski definition) is 3. The molecule has 0 rings (SSSR count). The SMILES string of the molecule is CCN(CC)CCSC(CN)C(C)(C)C. The normalized spacial score (nSPS) is 14.6. The third-order valence-corrected chi connectivity index (χ3v) is 4.52. The summed E-state index contributed by atoms with van der Waals surface area (Å²) in [7, 11) is 0. The predicted octanol–water partition coefficient (Wildman–Crippen LogP) is 2.43. The summed E-state index contributed by atoms with van der Waals surface area (Å²) in [6, 6.07) is 0. The molecule has 0 amide bonds. The van der Waals surface area contributed by atoms with Gasteiger partial charge in [0.1, 0.15) is 0 Å². The largest absolute Gasteiger partial charge is 0.329 e. The lowest BCUT2D eigenvalue weighted by Gasteiger charge is -2.29. The lowest BCUT2D eigenvalue weighted by molar-refractivity contribution is 0.323. The van der Waals surface area contributed by atoms with E-state index in [0.717, 1.165) is 19.6 Å². The third kappa shape index (κ3) is 6.44. The van der Waals surface area contributed by atoms with Crippen LogP contribution in [0, 0.1) is 5.41 Å². The van der Waals surface area contributed by atoms with Crippen LogP contribution in [0.2, 0.25) is 0 Å². The van der Waals surface area contributed by atoms with Gasteiger partial charge in [0.15, 0.2) is 0 Å². The van der Waals surface area contributed by atoms with Crippen LogP contribution < -0.4 is 5.73 Å². The molecular weight excluding hydrogens is 204 g/mol. The molecule has 3 heteroatoms. The van der Waals surface area contributed by atoms with Gasteiger partial charge in [-0.15, -0.1) is 0 Å². The van der Waals surface area contributed by atoms with Crippen molar-refractivity contribution in [3.63, 3.8) is 0 Å². The van der Waals surface area contributed by atoms with E-state index in [9.17, 15) is 0 Å². The Morgan fingerprint density at radius 3 is 2.07 bits per heavy atom. The summed E-state index contributed by atoms with van der Waals surface area (Å²) in [6.07, 6.45) is 0. The zero-order valence-corrected chi connectivity index (χ0v) is 11.9. The molecule has 1 atom stereocenters. The highest BCUT2D eigenvalue weighted by atomic mass is 32.2. The fourth-order valence-electron chi connectivity index (χ4n) is 1.54. The van der Waals surface area contributed by atoms with Crippen molar-refractivity contribution in [1.82, 2.24) is 4.90 Å². The molecule has 2 N–H and O–H groups in total. The molecule has 0 saturated heterocycles. The molecule has 0 aliphatic heterocycles. The molecule has 92 valence electrons. The highest BCUT2D eigenvalue weighted by Gasteiger charge is 2.23. The highest BCUT2D eigenvalue weighted by molar-refractivity contribution is 8.00. The minimum Gasteiger partial charge on any atom is -0.329 e. The molecule has 0 aliphatic rings. The summed E-state index contributed by atoms with van der Waals surface area (Å²) in [5.41, 5.74) is 6.13. The predicted molar refractivity (Wildman–Crippen MR) is 72.5 cm³/mol. The van der Waals surface area contributed by atoms with Gasteiger partial charge in [0.25, 0.3) is 0 Å². The lowest BCUT2D eigenvalue weighted by atomic mass is 9.92. The van der Waals surface area contributed by atoms with E-state index >= 15 is 0 Å². The van der Waals surface area contributed by atoms with E-state index in [1.165, 1.54) is 12.3 Å². The second kappa shape index (κ2) is 7.53. The molecule has 0 fully saturated rings. The van der Waals surface area contributed by atoms with Gasteiger partial charge in [0, 0.05) is 24.1 Å². The van der Waals surface area contributed by atoms with E-state index in [-0.39, 0.29) is 0 Å². The van der Waals surface area contributed by atoms with Crippen molar-refractivity contribution in [2.24, 2.45) is 11.1 Å². The quantitative estimate of drug-likeness (QED) is 0.731. The van der Waals surface area contributed by atoms with E-state index in [1.807, 2.05) is 11.8 Å². The average Bonchev–Trinajstić information content (AvgIpc) is 2.16. The Labute approximate surface area is 100.0 Å². The maximum atomic E-state index is 5.81. The first kappa shape index (κ1) is 15.3. The van der Waals surface area contributed by atoms with Crippen LogP contribution in [-0.4, -0.2) is 42.1 Å². The molecule has 0 aromatic carbocycles. The molecule has 0 aromatic rings. The van der Waals surface area contributed by atoms with Crippen LogP contribution in [-0.2, 0) is 0 Å². The van der Waals surface area contributed by atoms with Crippen molar-refractivity contribution in [2.75, 3.05) is 31.9 Å². The van der Waals surface area contributed by atoms with Crippen molar-refractivity contribution in [2.45, 2.75) is 39.9 Å². The van der Waals surface area contributed by atoms with Gasteiger partial charge in [0.2, 0.25) is 0 Å². The van der Waals surface area contributed by atoms with Crippen LogP contribution in [0.5, 0.6) is 0 Å². The molecule has 0 bridgehead atoms. The van der Waals surface area contributed by atoms with E-state index in [0.29, 0.717) is 10.7 Å². The van der Waals surface area contributed by atoms with E-state index in [1.54, 1.807) is 0 Å². The maximum Gasteiger partial charge on any atom is 0.0219 e. The van der Waals surface area contributed by atoms with Gasteiger partial charge < -0.3 is 10.6 Å². The van der Waals surface area contributed by atoms with E-state index in [2.05, 4.69) is 39.5 Å². The van der Waals surface area contributed by atoms with Crippen LogP contribution in [0.3, 0.4) is 0 Å². The number of nitrogens with zero attached hydrogens (tertiary/aromatic N) is 1. The Morgan fingerprint density at radius 2 is 1.73 bits per heavy atom. The van der Waals surface area contributed by atoms with Crippen molar-refractivity contribution in [3.8, 4) is 0 Å². The van der Waals surface area contributed by atoms with Gasteiger partial charge in [-0.05, 0) is 18.5 Å². The number of thioether (sulfide) groups is 1. The molecule has 0 spiro atoms. The smallest absolute Gasteiger partial charge is 0.0219 e. The fraction of sp³-hybridized carbons (Fsp3) is 1.00. The number of rotatable bonds is 7. The van der Waals surface area contributed by atoms with Gasteiger partial charge in [-0.25, -0.2) is 0 Å². The van der Waals surface area contributed by atoms with Gasteiger partial charge in [0.05, 0.1) is 0 Å². The van der Waals surface area contributed by atoms with Crippen LogP contribution in [0.25, 0.3) is 0 Å². The van der Waals surface area contributed by atoms with Gasteiger partial charge in [-0.3, -0.25) is 0 Å². The molecule has 2 nitrogen and oxygen atoms in total. The van der Waals surface area contributed by atoms with Crippen molar-refractivity contribution < 1.29 is 0 Å². The van der Waals surface area contributed by atoms with Crippen molar-refractivity contribution >= 4 is 11.8 Å². The zero-order chi connectivity index (χ0) is 11.9. The summed E-state index contributed by atoms with van der Waals surface area (Å²) in [6.45, 7) is 15.5. The minimum atomic E-state index is 0.322. The van der Waals surface area contributed by atoms with Crippen LogP contribution in [0.4, 0.5) is 0 Å². The van der Waals surface area contributed by atoms with Crippen LogP contribution in [0.15, 0.2) is 0 Å². The lowest BCUT2D eigenvalue weighted by Crippen LogP contribution is -2.33. The molecule has 0 aliphatic carbocycles. The molecule has 15 heavy (non-hydrogen) atoms. The van der Waals surface area contributed by atoms with Crippen molar-refractivity contribution in [3.05, 3.63) is 0 Å². The molecular formula is C12H28N2S. The summed E-state index contributed by atoms with van der Waals surface area (Å²) in [5, 5.41) is 0.577. The standard InChI is InChI=1S/C12H28N2S/c1-6-14(7-2)8-9-15-11(10-13)12(3,4)5/h11H,6-10,13H2,1-5H3. The molecule has 0 aromatic heterocycles. The zero-order valence-electron chi connectivity index (χ0n) is 11.0. The monoisotopic (exact) mass is 232 g/mol. The number of nitrogens with two attached hydrogens (primary N) is 1. The van der Waals surface area contributed by atoms with Gasteiger partial charge in [-0.2, -0.15) is 11.8 Å². The molecule has 0 heterocycles. The fourth-order valence-corrected chi connectivity index (χ4v) is 2.82. The molecule has 1 unspecified atom stereocenters. The average molecular weight is 232 g/mol. The Morgan fingerprint density at radius 1 is 1.20 bits per heavy atom. The maximum absolute atomic E-state index is 5.81. The Bertz CT molecular complexity index is 150. The van der Waals surface area contributed by atoms with Crippen LogP contribution in [0.1, 0.15) is 34.6 Å². The van der Waals surface area contributed by atoms with Gasteiger partial charge in [-0.1, -0.05) is 34.6 Å². The minimum absolute atomic E-state index is 0.322. The third-order valence-electron chi connectivity index (χ3n) is 2.80. The highest BCUT2D eigenvalue weighted by Crippen LogP contribution is 2.29. The van der Waals surface area contributed by atoms with E-state index in [4.69, 9.17) is 5.73 Å². The second-order valence-corrected chi connectivity index (χ2v) is 6.30. The first-order valence-corrected chi connectivity index (χ1v) is 7.04. The first-order chi connectivity index (χ1) is 6.95. The van der Waals surface area contributed by atoms with Crippen molar-refractivity contribution in [1.29, 1.82) is 0 Å². The summed E-state index contributed by atoms with van der Waals surface area (Å²) < 4.78 is 0. The van der Waals surface area contributed by atoms with Crippen LogP contribution >= 0.6 is 11.8 Å². The van der Waals surface area contributed by atoms with Gasteiger partial charge >= 0.3 is 0 Å². The second-order valence-electron chi connectivity index (χ2n) is 4.99. The molecule has 0 radical (unpaired) electrons. The summed E-state index contributed by atoms with van der Waals surface area (Å²) in [5.74, 6) is 1.20. The van der Waals surface area contributed by atoms with E-state index < -0.39 is 0 Å². The summed E-state index contributed by atoms with van der Waals surface area (Å²) >= 11 is 2.02. The summed E-state index contributed by atoms with van der Waals surface area (Å²) in [4.78, 5) is 2.46. The Balaban J connectivity index is 3.82. The Kier molecular flexibility index (Phi) is 7.66.